The summed E-state index contributed by atoms with van der Waals surface area (Å²) in [5.74, 6) is 0. The Bertz CT molecular complexity index is 309. The van der Waals surface area contributed by atoms with Crippen LogP contribution in [0.5, 0.6) is 0 Å². The highest BCUT2D eigenvalue weighted by Crippen LogP contribution is 2.14. The first-order valence-corrected chi connectivity index (χ1v) is 3.84. The highest BCUT2D eigenvalue weighted by molar-refractivity contribution is 5.26. The maximum absolute atomic E-state index is 9.49. The van der Waals surface area contributed by atoms with E-state index in [0.29, 0.717) is 0 Å². The zero-order chi connectivity index (χ0) is 8.97. The predicted octanol–water partition coefficient (Wildman–Crippen LogP) is 2.37. The molecule has 0 bridgehead atoms. The van der Waals surface area contributed by atoms with Crippen LogP contribution in [0.15, 0.2) is 42.7 Å². The molecular formula is C11H12O. The van der Waals surface area contributed by atoms with Crippen LogP contribution in [-0.4, -0.2) is 5.11 Å². The topological polar surface area (TPSA) is 20.2 Å². The van der Waals surface area contributed by atoms with Gasteiger partial charge in [0.1, 0.15) is 6.10 Å². The molecule has 12 heavy (non-hydrogen) atoms. The van der Waals surface area contributed by atoms with Gasteiger partial charge in [-0.3, -0.25) is 0 Å². The Balaban J connectivity index is 2.94. The third-order valence-corrected chi connectivity index (χ3v) is 1.66. The van der Waals surface area contributed by atoms with Gasteiger partial charge in [-0.2, -0.15) is 0 Å². The fraction of sp³-hybridized carbons (Fsp3) is 0.182. The van der Waals surface area contributed by atoms with Crippen LogP contribution in [0.1, 0.15) is 17.2 Å². The maximum atomic E-state index is 9.49. The van der Waals surface area contributed by atoms with Crippen molar-refractivity contribution in [3.8, 4) is 0 Å². The Hall–Kier alpha value is -1.30. The van der Waals surface area contributed by atoms with Gasteiger partial charge in [0.05, 0.1) is 0 Å². The lowest BCUT2D eigenvalue weighted by Gasteiger charge is -2.04. The Morgan fingerprint density at radius 2 is 2.33 bits per heavy atom. The third-order valence-electron chi connectivity index (χ3n) is 1.66. The van der Waals surface area contributed by atoms with Gasteiger partial charge < -0.3 is 5.11 Å². The molecule has 1 heteroatoms. The van der Waals surface area contributed by atoms with Crippen LogP contribution >= 0.6 is 0 Å². The molecule has 1 atom stereocenters. The molecule has 1 N–H and O–H groups in total. The largest absolute Gasteiger partial charge is 0.384 e. The molecule has 0 aliphatic heterocycles. The molecule has 0 spiro atoms. The van der Waals surface area contributed by atoms with Crippen LogP contribution < -0.4 is 0 Å². The number of hydrogen-bond acceptors (Lipinski definition) is 1. The summed E-state index contributed by atoms with van der Waals surface area (Å²) in [6.07, 6.45) is 0.955. The maximum Gasteiger partial charge on any atom is 0.104 e. The fourth-order valence-electron chi connectivity index (χ4n) is 1.06. The summed E-state index contributed by atoms with van der Waals surface area (Å²) in [6, 6.07) is 7.74. The van der Waals surface area contributed by atoms with E-state index >= 15 is 0 Å². The molecule has 0 unspecified atom stereocenters. The van der Waals surface area contributed by atoms with Gasteiger partial charge in [-0.05, 0) is 18.6 Å². The van der Waals surface area contributed by atoms with Crippen LogP contribution in [-0.2, 0) is 0 Å². The van der Waals surface area contributed by atoms with Crippen LogP contribution in [0, 0.1) is 6.92 Å². The van der Waals surface area contributed by atoms with E-state index in [1.807, 2.05) is 31.2 Å². The van der Waals surface area contributed by atoms with E-state index in [1.54, 1.807) is 0 Å². The number of hydrogen-bond donors (Lipinski definition) is 1. The first kappa shape index (κ1) is 8.79. The van der Waals surface area contributed by atoms with Gasteiger partial charge in [0.15, 0.2) is 0 Å². The second kappa shape index (κ2) is 3.91. The molecule has 0 heterocycles. The van der Waals surface area contributed by atoms with Crippen LogP contribution in [0.3, 0.4) is 0 Å². The first-order chi connectivity index (χ1) is 5.74. The van der Waals surface area contributed by atoms with Crippen molar-refractivity contribution in [3.05, 3.63) is 53.8 Å². The minimum Gasteiger partial charge on any atom is -0.384 e. The van der Waals surface area contributed by atoms with Crippen molar-refractivity contribution < 1.29 is 5.11 Å². The SMILES string of the molecule is C=C=C[C@H](O)c1cccc(C)c1. The molecule has 0 aliphatic rings. The predicted molar refractivity (Wildman–Crippen MR) is 49.8 cm³/mol. The van der Waals surface area contributed by atoms with Crippen molar-refractivity contribution in [2.45, 2.75) is 13.0 Å². The summed E-state index contributed by atoms with van der Waals surface area (Å²) in [4.78, 5) is 0. The number of aliphatic hydroxyl groups is 1. The summed E-state index contributed by atoms with van der Waals surface area (Å²) >= 11 is 0. The minimum absolute atomic E-state index is 0.581. The molecule has 62 valence electrons. The number of aryl methyl sites for hydroxylation is 1. The zero-order valence-corrected chi connectivity index (χ0v) is 7.12. The van der Waals surface area contributed by atoms with Gasteiger partial charge in [-0.25, -0.2) is 0 Å². The number of rotatable bonds is 2. The van der Waals surface area contributed by atoms with E-state index in [1.165, 1.54) is 6.08 Å². The molecule has 0 amide bonds. The Labute approximate surface area is 72.7 Å². The van der Waals surface area contributed by atoms with Crippen LogP contribution in [0.4, 0.5) is 0 Å². The second-order valence-electron chi connectivity index (χ2n) is 2.73. The Morgan fingerprint density at radius 1 is 1.58 bits per heavy atom. The monoisotopic (exact) mass is 160 g/mol. The third kappa shape index (κ3) is 2.09. The van der Waals surface area contributed by atoms with Gasteiger partial charge in [0.2, 0.25) is 0 Å². The normalized spacial score (nSPS) is 11.8. The Morgan fingerprint density at radius 3 is 2.92 bits per heavy atom. The van der Waals surface area contributed by atoms with Crippen LogP contribution in [0.2, 0.25) is 0 Å². The lowest BCUT2D eigenvalue weighted by Crippen LogP contribution is -1.92. The average molecular weight is 160 g/mol. The summed E-state index contributed by atoms with van der Waals surface area (Å²) in [5.41, 5.74) is 4.58. The smallest absolute Gasteiger partial charge is 0.104 e. The summed E-state index contributed by atoms with van der Waals surface area (Å²) in [6.45, 7) is 5.40. The van der Waals surface area contributed by atoms with E-state index in [-0.39, 0.29) is 0 Å². The van der Waals surface area contributed by atoms with Gasteiger partial charge in [-0.15, -0.1) is 5.73 Å². The highest BCUT2D eigenvalue weighted by atomic mass is 16.3. The molecule has 0 saturated heterocycles. The van der Waals surface area contributed by atoms with Crippen molar-refractivity contribution in [1.82, 2.24) is 0 Å². The standard InChI is InChI=1S/C11H12O/c1-3-5-11(12)10-7-4-6-9(2)8-10/h4-8,11-12H,1H2,2H3/t11-/m0/s1. The second-order valence-corrected chi connectivity index (χ2v) is 2.73. The van der Waals surface area contributed by atoms with Crippen molar-refractivity contribution in [1.29, 1.82) is 0 Å². The molecular weight excluding hydrogens is 148 g/mol. The molecule has 0 aliphatic carbocycles. The minimum atomic E-state index is -0.581. The number of aliphatic hydroxyl groups excluding tert-OH is 1. The highest BCUT2D eigenvalue weighted by Gasteiger charge is 2.01. The van der Waals surface area contributed by atoms with E-state index < -0.39 is 6.10 Å². The average Bonchev–Trinajstić information content (AvgIpc) is 2.05. The molecule has 1 rings (SSSR count). The van der Waals surface area contributed by atoms with E-state index in [0.717, 1.165) is 11.1 Å². The quantitative estimate of drug-likeness (QED) is 0.658. The lowest BCUT2D eigenvalue weighted by atomic mass is 10.1. The van der Waals surface area contributed by atoms with E-state index in [9.17, 15) is 5.11 Å². The van der Waals surface area contributed by atoms with Crippen molar-refractivity contribution in [3.63, 3.8) is 0 Å². The van der Waals surface area contributed by atoms with Gasteiger partial charge in [0, 0.05) is 0 Å². The van der Waals surface area contributed by atoms with Crippen molar-refractivity contribution in [2.24, 2.45) is 0 Å². The van der Waals surface area contributed by atoms with Gasteiger partial charge in [-0.1, -0.05) is 36.4 Å². The van der Waals surface area contributed by atoms with Gasteiger partial charge >= 0.3 is 0 Å². The van der Waals surface area contributed by atoms with Gasteiger partial charge in [0.25, 0.3) is 0 Å². The molecule has 1 nitrogen and oxygen atoms in total. The molecule has 1 aromatic rings. The first-order valence-electron chi connectivity index (χ1n) is 3.84. The van der Waals surface area contributed by atoms with Crippen molar-refractivity contribution in [2.75, 3.05) is 0 Å². The summed E-state index contributed by atoms with van der Waals surface area (Å²) in [7, 11) is 0. The molecule has 0 aromatic heterocycles. The number of benzene rings is 1. The molecule has 0 radical (unpaired) electrons. The Kier molecular flexibility index (Phi) is 2.87. The van der Waals surface area contributed by atoms with E-state index in [4.69, 9.17) is 0 Å². The zero-order valence-electron chi connectivity index (χ0n) is 7.12. The fourth-order valence-corrected chi connectivity index (χ4v) is 1.06. The van der Waals surface area contributed by atoms with Crippen molar-refractivity contribution >= 4 is 0 Å². The molecule has 0 fully saturated rings. The summed E-state index contributed by atoms with van der Waals surface area (Å²) < 4.78 is 0. The van der Waals surface area contributed by atoms with E-state index in [2.05, 4.69) is 12.3 Å². The molecule has 0 saturated carbocycles. The molecule has 1 aromatic carbocycles. The van der Waals surface area contributed by atoms with Crippen LogP contribution in [0.25, 0.3) is 0 Å². The lowest BCUT2D eigenvalue weighted by molar-refractivity contribution is 0.229. The summed E-state index contributed by atoms with van der Waals surface area (Å²) in [5, 5.41) is 9.49.